The van der Waals surface area contributed by atoms with Crippen LogP contribution in [-0.2, 0) is 16.1 Å². The van der Waals surface area contributed by atoms with Crippen molar-refractivity contribution in [3.63, 3.8) is 0 Å². The van der Waals surface area contributed by atoms with Gasteiger partial charge in [0, 0.05) is 32.6 Å². The van der Waals surface area contributed by atoms with Crippen molar-refractivity contribution in [1.29, 1.82) is 0 Å². The summed E-state index contributed by atoms with van der Waals surface area (Å²) in [5.41, 5.74) is 1.05. The normalized spacial score (nSPS) is 21.4. The predicted octanol–water partition coefficient (Wildman–Crippen LogP) is 1.25. The van der Waals surface area contributed by atoms with E-state index in [0.29, 0.717) is 25.6 Å². The Morgan fingerprint density at radius 1 is 1.28 bits per heavy atom. The number of benzene rings is 1. The van der Waals surface area contributed by atoms with Gasteiger partial charge in [-0.2, -0.15) is 0 Å². The van der Waals surface area contributed by atoms with Crippen LogP contribution in [0.5, 0.6) is 5.75 Å². The number of methoxy groups -OCH3 is 1. The first-order valence-corrected chi connectivity index (χ1v) is 8.96. The van der Waals surface area contributed by atoms with E-state index in [9.17, 15) is 9.59 Å². The molecule has 1 N–H and O–H groups in total. The number of rotatable bonds is 5. The standard InChI is InChI=1S/C19H27N3O3/c1-21(16-7-9-20-10-8-16)19(24)15-11-18(23)22(13-15)12-14-3-5-17(25-2)6-4-14/h3-6,15-16,20H,7-13H2,1-2H3. The van der Waals surface area contributed by atoms with Crippen LogP contribution in [0, 0.1) is 5.92 Å². The van der Waals surface area contributed by atoms with E-state index in [4.69, 9.17) is 4.74 Å². The number of hydrogen-bond donors (Lipinski definition) is 1. The van der Waals surface area contributed by atoms with Crippen LogP contribution in [0.25, 0.3) is 0 Å². The van der Waals surface area contributed by atoms with Crippen molar-refractivity contribution in [2.24, 2.45) is 5.92 Å². The highest BCUT2D eigenvalue weighted by molar-refractivity contribution is 5.89. The van der Waals surface area contributed by atoms with Gasteiger partial charge < -0.3 is 19.9 Å². The average molecular weight is 345 g/mol. The molecule has 2 heterocycles. The number of ether oxygens (including phenoxy) is 1. The van der Waals surface area contributed by atoms with Gasteiger partial charge in [0.05, 0.1) is 13.0 Å². The van der Waals surface area contributed by atoms with Crippen LogP contribution in [-0.4, -0.2) is 61.4 Å². The molecule has 2 aliphatic rings. The molecular formula is C19H27N3O3. The van der Waals surface area contributed by atoms with E-state index < -0.39 is 0 Å². The van der Waals surface area contributed by atoms with E-state index in [1.54, 1.807) is 12.0 Å². The first kappa shape index (κ1) is 17.7. The molecule has 3 rings (SSSR count). The fourth-order valence-corrected chi connectivity index (χ4v) is 3.70. The summed E-state index contributed by atoms with van der Waals surface area (Å²) in [6, 6.07) is 8.00. The second-order valence-corrected chi connectivity index (χ2v) is 6.95. The zero-order valence-corrected chi connectivity index (χ0v) is 15.0. The minimum Gasteiger partial charge on any atom is -0.497 e. The molecule has 1 atom stereocenters. The summed E-state index contributed by atoms with van der Waals surface area (Å²) in [6.07, 6.45) is 2.29. The van der Waals surface area contributed by atoms with Crippen molar-refractivity contribution >= 4 is 11.8 Å². The molecule has 2 amide bonds. The molecule has 2 aliphatic heterocycles. The summed E-state index contributed by atoms with van der Waals surface area (Å²) >= 11 is 0. The van der Waals surface area contributed by atoms with E-state index in [1.165, 1.54) is 0 Å². The number of hydrogen-bond acceptors (Lipinski definition) is 4. The molecule has 0 aromatic heterocycles. The van der Waals surface area contributed by atoms with Crippen LogP contribution in [0.4, 0.5) is 0 Å². The fourth-order valence-electron chi connectivity index (χ4n) is 3.70. The molecule has 6 heteroatoms. The monoisotopic (exact) mass is 345 g/mol. The lowest BCUT2D eigenvalue weighted by molar-refractivity contribution is -0.137. The molecule has 2 fully saturated rings. The van der Waals surface area contributed by atoms with Gasteiger partial charge in [-0.1, -0.05) is 12.1 Å². The highest BCUT2D eigenvalue weighted by Crippen LogP contribution is 2.24. The van der Waals surface area contributed by atoms with E-state index in [1.807, 2.05) is 36.2 Å². The maximum atomic E-state index is 12.8. The molecule has 0 saturated carbocycles. The first-order valence-electron chi connectivity index (χ1n) is 8.96. The molecule has 1 unspecified atom stereocenters. The summed E-state index contributed by atoms with van der Waals surface area (Å²) in [5.74, 6) is 0.754. The van der Waals surface area contributed by atoms with Crippen LogP contribution in [0.2, 0.25) is 0 Å². The zero-order chi connectivity index (χ0) is 17.8. The Morgan fingerprint density at radius 3 is 2.60 bits per heavy atom. The second-order valence-electron chi connectivity index (χ2n) is 6.95. The van der Waals surface area contributed by atoms with Gasteiger partial charge in [0.15, 0.2) is 0 Å². The molecule has 2 saturated heterocycles. The average Bonchev–Trinajstić information content (AvgIpc) is 3.02. The smallest absolute Gasteiger partial charge is 0.227 e. The van der Waals surface area contributed by atoms with Gasteiger partial charge in [-0.05, 0) is 43.6 Å². The van der Waals surface area contributed by atoms with Crippen molar-refractivity contribution in [1.82, 2.24) is 15.1 Å². The number of carbonyl (C=O) groups excluding carboxylic acids is 2. The molecule has 1 aromatic rings. The Hall–Kier alpha value is -2.08. The van der Waals surface area contributed by atoms with E-state index in [2.05, 4.69) is 5.32 Å². The number of likely N-dealkylation sites (tertiary alicyclic amines) is 1. The van der Waals surface area contributed by atoms with Crippen LogP contribution >= 0.6 is 0 Å². The number of piperidine rings is 1. The van der Waals surface area contributed by atoms with Crippen LogP contribution in [0.15, 0.2) is 24.3 Å². The minimum atomic E-state index is -0.217. The predicted molar refractivity (Wildman–Crippen MR) is 95.2 cm³/mol. The largest absolute Gasteiger partial charge is 0.497 e. The van der Waals surface area contributed by atoms with Gasteiger partial charge in [0.2, 0.25) is 11.8 Å². The van der Waals surface area contributed by atoms with Crippen molar-refractivity contribution in [3.05, 3.63) is 29.8 Å². The highest BCUT2D eigenvalue weighted by Gasteiger charge is 2.37. The zero-order valence-electron chi connectivity index (χ0n) is 15.0. The Kier molecular flexibility index (Phi) is 5.58. The summed E-state index contributed by atoms with van der Waals surface area (Å²) < 4.78 is 5.16. The maximum absolute atomic E-state index is 12.8. The van der Waals surface area contributed by atoms with Crippen molar-refractivity contribution in [3.8, 4) is 5.75 Å². The molecular weight excluding hydrogens is 318 g/mol. The molecule has 136 valence electrons. The summed E-state index contributed by atoms with van der Waals surface area (Å²) in [4.78, 5) is 28.8. The van der Waals surface area contributed by atoms with Gasteiger partial charge in [-0.3, -0.25) is 9.59 Å². The molecule has 6 nitrogen and oxygen atoms in total. The molecule has 1 aromatic carbocycles. The Labute approximate surface area is 149 Å². The Bertz CT molecular complexity index is 611. The lowest BCUT2D eigenvalue weighted by Gasteiger charge is -2.33. The molecule has 25 heavy (non-hydrogen) atoms. The SMILES string of the molecule is COc1ccc(CN2CC(C(=O)N(C)C3CCNCC3)CC2=O)cc1. The van der Waals surface area contributed by atoms with E-state index >= 15 is 0 Å². The Morgan fingerprint density at radius 2 is 1.96 bits per heavy atom. The minimum absolute atomic E-state index is 0.0629. The van der Waals surface area contributed by atoms with Crippen molar-refractivity contribution in [2.45, 2.75) is 31.8 Å². The number of carbonyl (C=O) groups is 2. The van der Waals surface area contributed by atoms with Crippen LogP contribution in [0.3, 0.4) is 0 Å². The van der Waals surface area contributed by atoms with Gasteiger partial charge in [0.1, 0.15) is 5.75 Å². The quantitative estimate of drug-likeness (QED) is 0.873. The molecule has 0 radical (unpaired) electrons. The highest BCUT2D eigenvalue weighted by atomic mass is 16.5. The third-order valence-corrected chi connectivity index (χ3v) is 5.30. The van der Waals surface area contributed by atoms with Gasteiger partial charge >= 0.3 is 0 Å². The summed E-state index contributed by atoms with van der Waals surface area (Å²) in [7, 11) is 3.52. The lowest BCUT2D eigenvalue weighted by Crippen LogP contribution is -2.46. The van der Waals surface area contributed by atoms with E-state index in [0.717, 1.165) is 37.2 Å². The van der Waals surface area contributed by atoms with Gasteiger partial charge in [-0.25, -0.2) is 0 Å². The third kappa shape index (κ3) is 4.12. The lowest BCUT2D eigenvalue weighted by atomic mass is 10.0. The third-order valence-electron chi connectivity index (χ3n) is 5.30. The van der Waals surface area contributed by atoms with Gasteiger partial charge in [0.25, 0.3) is 0 Å². The second kappa shape index (κ2) is 7.87. The molecule has 0 spiro atoms. The van der Waals surface area contributed by atoms with E-state index in [-0.39, 0.29) is 17.7 Å². The topological polar surface area (TPSA) is 61.9 Å². The van der Waals surface area contributed by atoms with Gasteiger partial charge in [-0.15, -0.1) is 0 Å². The Balaban J connectivity index is 1.58. The number of amides is 2. The van der Waals surface area contributed by atoms with Crippen molar-refractivity contribution < 1.29 is 14.3 Å². The maximum Gasteiger partial charge on any atom is 0.227 e. The number of nitrogens with zero attached hydrogens (tertiary/aromatic N) is 2. The van der Waals surface area contributed by atoms with Crippen molar-refractivity contribution in [2.75, 3.05) is 33.8 Å². The molecule has 0 aliphatic carbocycles. The van der Waals surface area contributed by atoms with Crippen LogP contribution in [0.1, 0.15) is 24.8 Å². The summed E-state index contributed by atoms with van der Waals surface area (Å²) in [6.45, 7) is 2.97. The fraction of sp³-hybridized carbons (Fsp3) is 0.579. The number of nitrogens with one attached hydrogen (secondary N) is 1. The van der Waals surface area contributed by atoms with Crippen LogP contribution < -0.4 is 10.1 Å². The first-order chi connectivity index (χ1) is 12.1. The summed E-state index contributed by atoms with van der Waals surface area (Å²) in [5, 5.41) is 3.32. The molecule has 0 bridgehead atoms.